The lowest BCUT2D eigenvalue weighted by Crippen LogP contribution is -2.40. The van der Waals surface area contributed by atoms with Gasteiger partial charge in [0.15, 0.2) is 0 Å². The van der Waals surface area contributed by atoms with Gasteiger partial charge < -0.3 is 11.1 Å². The molecule has 3 N–H and O–H groups in total. The van der Waals surface area contributed by atoms with Crippen LogP contribution in [0.4, 0.5) is 13.2 Å². The third kappa shape index (κ3) is 4.56. The predicted octanol–water partition coefficient (Wildman–Crippen LogP) is 1.12. The molecular formula is C7H15F3N2. The van der Waals surface area contributed by atoms with Crippen molar-refractivity contribution in [3.63, 3.8) is 0 Å². The highest BCUT2D eigenvalue weighted by atomic mass is 19.4. The highest BCUT2D eigenvalue weighted by Gasteiger charge is 2.38. The summed E-state index contributed by atoms with van der Waals surface area (Å²) in [6, 6.07) is 0.0569. The number of nitrogens with two attached hydrogens (primary N) is 1. The van der Waals surface area contributed by atoms with E-state index in [2.05, 4.69) is 5.32 Å². The number of alkyl halides is 3. The van der Waals surface area contributed by atoms with Gasteiger partial charge in [0.1, 0.15) is 0 Å². The smallest absolute Gasteiger partial charge is 0.330 e. The van der Waals surface area contributed by atoms with Crippen molar-refractivity contribution in [2.24, 2.45) is 11.7 Å². The van der Waals surface area contributed by atoms with Crippen LogP contribution in [0.25, 0.3) is 0 Å². The quantitative estimate of drug-likeness (QED) is 0.687. The first-order valence-corrected chi connectivity index (χ1v) is 3.88. The first-order chi connectivity index (χ1) is 5.38. The van der Waals surface area contributed by atoms with Crippen LogP contribution < -0.4 is 11.1 Å². The monoisotopic (exact) mass is 184 g/mol. The van der Waals surface area contributed by atoms with Crippen LogP contribution in [-0.4, -0.2) is 25.3 Å². The Morgan fingerprint density at radius 2 is 1.83 bits per heavy atom. The van der Waals surface area contributed by atoms with E-state index in [9.17, 15) is 13.2 Å². The SMILES string of the molecule is CC(C)NCC(CN)C(F)(F)F. The average Bonchev–Trinajstić information content (AvgIpc) is 1.85. The molecule has 0 heterocycles. The molecule has 0 fully saturated rings. The van der Waals surface area contributed by atoms with Gasteiger partial charge >= 0.3 is 6.18 Å². The summed E-state index contributed by atoms with van der Waals surface area (Å²) in [6.07, 6.45) is -4.18. The minimum atomic E-state index is -4.18. The maximum Gasteiger partial charge on any atom is 0.394 e. The Kier molecular flexibility index (Phi) is 4.55. The lowest BCUT2D eigenvalue weighted by Gasteiger charge is -2.20. The molecule has 2 nitrogen and oxygen atoms in total. The van der Waals surface area contributed by atoms with E-state index in [4.69, 9.17) is 5.73 Å². The maximum absolute atomic E-state index is 12.1. The summed E-state index contributed by atoms with van der Waals surface area (Å²) in [5.74, 6) is -1.43. The van der Waals surface area contributed by atoms with Gasteiger partial charge in [-0.2, -0.15) is 13.2 Å². The van der Waals surface area contributed by atoms with E-state index in [1.807, 2.05) is 0 Å². The van der Waals surface area contributed by atoms with Gasteiger partial charge in [0.25, 0.3) is 0 Å². The molecule has 1 atom stereocenters. The summed E-state index contributed by atoms with van der Waals surface area (Å²) in [5, 5.41) is 2.70. The lowest BCUT2D eigenvalue weighted by molar-refractivity contribution is -0.170. The van der Waals surface area contributed by atoms with Crippen LogP contribution >= 0.6 is 0 Å². The van der Waals surface area contributed by atoms with Crippen molar-refractivity contribution in [2.75, 3.05) is 13.1 Å². The zero-order valence-corrected chi connectivity index (χ0v) is 7.28. The van der Waals surface area contributed by atoms with Gasteiger partial charge in [-0.05, 0) is 0 Å². The van der Waals surface area contributed by atoms with Gasteiger partial charge in [0.05, 0.1) is 5.92 Å². The molecule has 1 unspecified atom stereocenters. The number of hydrogen-bond donors (Lipinski definition) is 2. The molecule has 0 aromatic heterocycles. The highest BCUT2D eigenvalue weighted by Crippen LogP contribution is 2.24. The van der Waals surface area contributed by atoms with Crippen molar-refractivity contribution in [3.8, 4) is 0 Å². The predicted molar refractivity (Wildman–Crippen MR) is 41.7 cm³/mol. The second-order valence-corrected chi connectivity index (χ2v) is 3.04. The molecule has 0 radical (unpaired) electrons. The van der Waals surface area contributed by atoms with Gasteiger partial charge in [-0.15, -0.1) is 0 Å². The molecule has 0 saturated heterocycles. The van der Waals surface area contributed by atoms with Crippen LogP contribution in [0.15, 0.2) is 0 Å². The van der Waals surface area contributed by atoms with Gasteiger partial charge in [-0.3, -0.25) is 0 Å². The van der Waals surface area contributed by atoms with Crippen molar-refractivity contribution < 1.29 is 13.2 Å². The molecule has 0 aliphatic carbocycles. The molecule has 5 heteroatoms. The molecule has 0 aromatic rings. The third-order valence-corrected chi connectivity index (χ3v) is 1.52. The fourth-order valence-corrected chi connectivity index (χ4v) is 0.711. The zero-order chi connectivity index (χ0) is 9.78. The molecule has 0 aromatic carbocycles. The summed E-state index contributed by atoms with van der Waals surface area (Å²) in [6.45, 7) is 3.13. The Labute approximate surface area is 70.3 Å². The summed E-state index contributed by atoms with van der Waals surface area (Å²) in [5.41, 5.74) is 4.99. The van der Waals surface area contributed by atoms with E-state index in [-0.39, 0.29) is 19.1 Å². The summed E-state index contributed by atoms with van der Waals surface area (Å²) >= 11 is 0. The Bertz CT molecular complexity index is 122. The Balaban J connectivity index is 3.84. The van der Waals surface area contributed by atoms with Crippen molar-refractivity contribution in [3.05, 3.63) is 0 Å². The summed E-state index contributed by atoms with van der Waals surface area (Å²) in [7, 11) is 0. The summed E-state index contributed by atoms with van der Waals surface area (Å²) in [4.78, 5) is 0. The zero-order valence-electron chi connectivity index (χ0n) is 7.28. The van der Waals surface area contributed by atoms with Gasteiger partial charge in [0, 0.05) is 19.1 Å². The molecule has 0 rings (SSSR count). The van der Waals surface area contributed by atoms with E-state index < -0.39 is 12.1 Å². The number of hydrogen-bond acceptors (Lipinski definition) is 2. The lowest BCUT2D eigenvalue weighted by atomic mass is 10.1. The Morgan fingerprint density at radius 3 is 2.08 bits per heavy atom. The largest absolute Gasteiger partial charge is 0.394 e. The molecule has 0 spiro atoms. The molecular weight excluding hydrogens is 169 g/mol. The molecule has 12 heavy (non-hydrogen) atoms. The number of halogens is 3. The standard InChI is InChI=1S/C7H15F3N2/c1-5(2)12-4-6(3-11)7(8,9)10/h5-6,12H,3-4,11H2,1-2H3. The first-order valence-electron chi connectivity index (χ1n) is 3.88. The molecule has 0 amide bonds. The third-order valence-electron chi connectivity index (χ3n) is 1.52. The van der Waals surface area contributed by atoms with E-state index in [0.29, 0.717) is 0 Å². The molecule has 0 saturated carbocycles. The second-order valence-electron chi connectivity index (χ2n) is 3.04. The van der Waals surface area contributed by atoms with Crippen LogP contribution in [0.1, 0.15) is 13.8 Å². The fourth-order valence-electron chi connectivity index (χ4n) is 0.711. The number of nitrogens with one attached hydrogen (secondary N) is 1. The van der Waals surface area contributed by atoms with Crippen LogP contribution in [0.3, 0.4) is 0 Å². The maximum atomic E-state index is 12.1. The van der Waals surface area contributed by atoms with Crippen LogP contribution in [-0.2, 0) is 0 Å². The van der Waals surface area contributed by atoms with Crippen LogP contribution in [0.5, 0.6) is 0 Å². The molecule has 0 aliphatic rings. The fraction of sp³-hybridized carbons (Fsp3) is 1.00. The molecule has 74 valence electrons. The van der Waals surface area contributed by atoms with Crippen LogP contribution in [0.2, 0.25) is 0 Å². The van der Waals surface area contributed by atoms with Gasteiger partial charge in [-0.25, -0.2) is 0 Å². The summed E-state index contributed by atoms with van der Waals surface area (Å²) < 4.78 is 36.2. The average molecular weight is 184 g/mol. The van der Waals surface area contributed by atoms with Gasteiger partial charge in [0.2, 0.25) is 0 Å². The Hall–Kier alpha value is -0.290. The topological polar surface area (TPSA) is 38.0 Å². The normalized spacial score (nSPS) is 15.2. The minimum Gasteiger partial charge on any atom is -0.330 e. The first kappa shape index (κ1) is 11.7. The van der Waals surface area contributed by atoms with E-state index in [1.54, 1.807) is 13.8 Å². The second kappa shape index (κ2) is 4.67. The van der Waals surface area contributed by atoms with E-state index in [0.717, 1.165) is 0 Å². The molecule has 0 bridgehead atoms. The minimum absolute atomic E-state index is 0.0569. The highest BCUT2D eigenvalue weighted by molar-refractivity contribution is 4.71. The van der Waals surface area contributed by atoms with Gasteiger partial charge in [-0.1, -0.05) is 13.8 Å². The number of rotatable bonds is 4. The van der Waals surface area contributed by atoms with Crippen molar-refractivity contribution >= 4 is 0 Å². The van der Waals surface area contributed by atoms with E-state index in [1.165, 1.54) is 0 Å². The Morgan fingerprint density at radius 1 is 1.33 bits per heavy atom. The van der Waals surface area contributed by atoms with Crippen molar-refractivity contribution in [1.82, 2.24) is 5.32 Å². The molecule has 0 aliphatic heterocycles. The van der Waals surface area contributed by atoms with Crippen LogP contribution in [0, 0.1) is 5.92 Å². The van der Waals surface area contributed by atoms with Crippen molar-refractivity contribution in [2.45, 2.75) is 26.1 Å². The van der Waals surface area contributed by atoms with Crippen molar-refractivity contribution in [1.29, 1.82) is 0 Å². The van der Waals surface area contributed by atoms with E-state index >= 15 is 0 Å².